The third-order valence-electron chi connectivity index (χ3n) is 4.76. The Kier molecular flexibility index (Phi) is 6.88. The molecule has 1 N–H and O–H groups in total. The molecule has 1 heterocycles. The quantitative estimate of drug-likeness (QED) is 0.680. The van der Waals surface area contributed by atoms with Crippen molar-refractivity contribution in [2.45, 2.75) is 18.9 Å². The van der Waals surface area contributed by atoms with Crippen LogP contribution in [0.1, 0.15) is 29.2 Å². The molecule has 3 rings (SSSR count). The summed E-state index contributed by atoms with van der Waals surface area (Å²) in [6.07, 6.45) is 1.89. The fourth-order valence-corrected chi connectivity index (χ4v) is 3.82. The van der Waals surface area contributed by atoms with Crippen molar-refractivity contribution >= 4 is 23.2 Å². The third kappa shape index (κ3) is 4.88. The van der Waals surface area contributed by atoms with Crippen LogP contribution in [0.4, 0.5) is 0 Å². The minimum absolute atomic E-state index is 0.0185. The molecule has 0 amide bonds. The van der Waals surface area contributed by atoms with Crippen molar-refractivity contribution in [2.75, 3.05) is 40.9 Å². The molecule has 27 heavy (non-hydrogen) atoms. The summed E-state index contributed by atoms with van der Waals surface area (Å²) in [5, 5.41) is 4.94. The van der Waals surface area contributed by atoms with Gasteiger partial charge in [0.1, 0.15) is 0 Å². The van der Waals surface area contributed by atoms with Crippen molar-refractivity contribution in [3.05, 3.63) is 57.1 Å². The number of methoxy groups -OCH3 is 1. The van der Waals surface area contributed by atoms with Crippen LogP contribution < -0.4 is 14.8 Å². The molecule has 0 saturated heterocycles. The third-order valence-corrected chi connectivity index (χ3v) is 5.33. The van der Waals surface area contributed by atoms with Gasteiger partial charge in [-0.15, -0.1) is 0 Å². The largest absolute Gasteiger partial charge is 0.493 e. The van der Waals surface area contributed by atoms with Crippen LogP contribution in [0.2, 0.25) is 10.0 Å². The van der Waals surface area contributed by atoms with Crippen molar-refractivity contribution in [1.29, 1.82) is 0 Å². The van der Waals surface area contributed by atoms with E-state index in [-0.39, 0.29) is 6.04 Å². The second-order valence-electron chi connectivity index (χ2n) is 7.01. The summed E-state index contributed by atoms with van der Waals surface area (Å²) >= 11 is 12.7. The van der Waals surface area contributed by atoms with E-state index < -0.39 is 0 Å². The van der Waals surface area contributed by atoms with Gasteiger partial charge in [0, 0.05) is 23.1 Å². The first-order chi connectivity index (χ1) is 13.0. The zero-order chi connectivity index (χ0) is 19.4. The van der Waals surface area contributed by atoms with E-state index >= 15 is 0 Å². The standard InChI is InChI=1S/C21H26Cl2N2O2/c1-25(2)9-4-10-27-20-13-16-14(11-19(20)26-3)7-8-24-21(16)17-12-15(22)5-6-18(17)23/h5-6,11-13,21,24H,4,7-10H2,1-3H3. The average molecular weight is 409 g/mol. The molecule has 1 aliphatic rings. The number of nitrogens with one attached hydrogen (secondary N) is 1. The van der Waals surface area contributed by atoms with Gasteiger partial charge in [-0.25, -0.2) is 0 Å². The summed E-state index contributed by atoms with van der Waals surface area (Å²) in [7, 11) is 5.80. The molecule has 146 valence electrons. The van der Waals surface area contributed by atoms with E-state index in [0.717, 1.165) is 48.6 Å². The van der Waals surface area contributed by atoms with Gasteiger partial charge < -0.3 is 19.7 Å². The molecular formula is C21H26Cl2N2O2. The van der Waals surface area contributed by atoms with E-state index in [0.29, 0.717) is 16.7 Å². The van der Waals surface area contributed by atoms with Crippen LogP contribution in [0.25, 0.3) is 0 Å². The Hall–Kier alpha value is -1.46. The van der Waals surface area contributed by atoms with Gasteiger partial charge >= 0.3 is 0 Å². The molecule has 2 aromatic rings. The summed E-state index contributed by atoms with van der Waals surface area (Å²) < 4.78 is 11.6. The molecule has 0 radical (unpaired) electrons. The molecule has 0 spiro atoms. The second kappa shape index (κ2) is 9.16. The molecule has 0 aliphatic carbocycles. The van der Waals surface area contributed by atoms with E-state index in [1.807, 2.05) is 18.2 Å². The van der Waals surface area contributed by atoms with Gasteiger partial charge in [0.05, 0.1) is 19.8 Å². The molecule has 4 nitrogen and oxygen atoms in total. The topological polar surface area (TPSA) is 33.7 Å². The summed E-state index contributed by atoms with van der Waals surface area (Å²) in [5.41, 5.74) is 3.38. The predicted octanol–water partition coefficient (Wildman–Crippen LogP) is 4.57. The highest BCUT2D eigenvalue weighted by Gasteiger charge is 2.25. The zero-order valence-electron chi connectivity index (χ0n) is 16.0. The van der Waals surface area contributed by atoms with Crippen LogP contribution in [0.15, 0.2) is 30.3 Å². The Morgan fingerprint density at radius 1 is 1.11 bits per heavy atom. The van der Waals surface area contributed by atoms with Crippen LogP contribution >= 0.6 is 23.2 Å². The smallest absolute Gasteiger partial charge is 0.161 e. The maximum atomic E-state index is 6.47. The molecule has 1 unspecified atom stereocenters. The monoisotopic (exact) mass is 408 g/mol. The average Bonchev–Trinajstić information content (AvgIpc) is 2.66. The van der Waals surface area contributed by atoms with Crippen molar-refractivity contribution in [3.63, 3.8) is 0 Å². The molecule has 2 aromatic carbocycles. The van der Waals surface area contributed by atoms with Crippen molar-refractivity contribution in [1.82, 2.24) is 10.2 Å². The number of fused-ring (bicyclic) bond motifs is 1. The molecule has 0 fully saturated rings. The minimum Gasteiger partial charge on any atom is -0.493 e. The summed E-state index contributed by atoms with van der Waals surface area (Å²) in [6.45, 7) is 2.49. The van der Waals surface area contributed by atoms with Gasteiger partial charge in [0.2, 0.25) is 0 Å². The maximum Gasteiger partial charge on any atom is 0.161 e. The highest BCUT2D eigenvalue weighted by molar-refractivity contribution is 6.33. The SMILES string of the molecule is COc1cc2c(cc1OCCCN(C)C)C(c1cc(Cl)ccc1Cl)NCC2. The number of rotatable bonds is 7. The van der Waals surface area contributed by atoms with E-state index in [4.69, 9.17) is 32.7 Å². The van der Waals surface area contributed by atoms with Crippen molar-refractivity contribution < 1.29 is 9.47 Å². The fourth-order valence-electron chi connectivity index (χ4n) is 3.41. The van der Waals surface area contributed by atoms with Crippen LogP contribution in [-0.4, -0.2) is 45.8 Å². The number of benzene rings is 2. The Labute approximate surface area is 171 Å². The summed E-state index contributed by atoms with van der Waals surface area (Å²) in [6, 6.07) is 9.73. The first-order valence-corrected chi connectivity index (χ1v) is 9.92. The molecule has 1 aliphatic heterocycles. The lowest BCUT2D eigenvalue weighted by molar-refractivity contribution is 0.267. The highest BCUT2D eigenvalue weighted by Crippen LogP contribution is 2.39. The molecule has 0 aromatic heterocycles. The van der Waals surface area contributed by atoms with E-state index in [1.54, 1.807) is 7.11 Å². The van der Waals surface area contributed by atoms with Gasteiger partial charge in [-0.3, -0.25) is 0 Å². The van der Waals surface area contributed by atoms with Crippen LogP contribution in [0.3, 0.4) is 0 Å². The molecule has 0 saturated carbocycles. The molecule has 1 atom stereocenters. The Morgan fingerprint density at radius 3 is 2.67 bits per heavy atom. The highest BCUT2D eigenvalue weighted by atomic mass is 35.5. The predicted molar refractivity (Wildman–Crippen MR) is 112 cm³/mol. The van der Waals surface area contributed by atoms with E-state index in [2.05, 4.69) is 36.4 Å². The Balaban J connectivity index is 1.91. The van der Waals surface area contributed by atoms with Crippen LogP contribution in [-0.2, 0) is 6.42 Å². The molecule has 0 bridgehead atoms. The normalized spacial score (nSPS) is 16.3. The summed E-state index contributed by atoms with van der Waals surface area (Å²) in [5.74, 6) is 1.54. The van der Waals surface area contributed by atoms with Gasteiger partial charge in [-0.05, 0) is 74.0 Å². The second-order valence-corrected chi connectivity index (χ2v) is 7.85. The Bertz CT molecular complexity index is 796. The number of hydrogen-bond donors (Lipinski definition) is 1. The lowest BCUT2D eigenvalue weighted by atomic mass is 9.89. The van der Waals surface area contributed by atoms with Gasteiger partial charge in [0.15, 0.2) is 11.5 Å². The van der Waals surface area contributed by atoms with Crippen LogP contribution in [0.5, 0.6) is 11.5 Å². The number of nitrogens with zero attached hydrogens (tertiary/aromatic N) is 1. The lowest BCUT2D eigenvalue weighted by Crippen LogP contribution is -2.31. The zero-order valence-corrected chi connectivity index (χ0v) is 17.5. The van der Waals surface area contributed by atoms with Crippen LogP contribution in [0, 0.1) is 0 Å². The Morgan fingerprint density at radius 2 is 1.93 bits per heavy atom. The van der Waals surface area contributed by atoms with Crippen molar-refractivity contribution in [3.8, 4) is 11.5 Å². The van der Waals surface area contributed by atoms with Gasteiger partial charge in [-0.1, -0.05) is 23.2 Å². The van der Waals surface area contributed by atoms with Gasteiger partial charge in [-0.2, -0.15) is 0 Å². The number of hydrogen-bond acceptors (Lipinski definition) is 4. The first kappa shape index (κ1) is 20.3. The molecular weight excluding hydrogens is 383 g/mol. The van der Waals surface area contributed by atoms with Crippen molar-refractivity contribution in [2.24, 2.45) is 0 Å². The summed E-state index contributed by atoms with van der Waals surface area (Å²) in [4.78, 5) is 2.15. The minimum atomic E-state index is -0.0185. The number of ether oxygens (including phenoxy) is 2. The first-order valence-electron chi connectivity index (χ1n) is 9.16. The molecule has 6 heteroatoms. The van der Waals surface area contributed by atoms with E-state index in [9.17, 15) is 0 Å². The maximum absolute atomic E-state index is 6.47. The fraction of sp³-hybridized carbons (Fsp3) is 0.429. The van der Waals surface area contributed by atoms with E-state index in [1.165, 1.54) is 5.56 Å². The van der Waals surface area contributed by atoms with Gasteiger partial charge in [0.25, 0.3) is 0 Å². The number of halogens is 2. The lowest BCUT2D eigenvalue weighted by Gasteiger charge is -2.29.